The molecule has 13 nitrogen and oxygen atoms in total. The summed E-state index contributed by atoms with van der Waals surface area (Å²) in [5.41, 5.74) is -0.917. The summed E-state index contributed by atoms with van der Waals surface area (Å²) in [7, 11) is 1.38. The monoisotopic (exact) mass is 585 g/mol. The Kier molecular flexibility index (Phi) is 15.4. The molecule has 0 radical (unpaired) electrons. The average molecular weight is 586 g/mol. The molecule has 0 saturated carbocycles. The van der Waals surface area contributed by atoms with Gasteiger partial charge in [-0.1, -0.05) is 0 Å². The van der Waals surface area contributed by atoms with Gasteiger partial charge in [-0.3, -0.25) is 14.9 Å². The number of methoxy groups -OCH3 is 1. The molecule has 13 heteroatoms. The first-order valence-corrected chi connectivity index (χ1v) is 13.8. The van der Waals surface area contributed by atoms with Crippen molar-refractivity contribution in [2.24, 2.45) is 0 Å². The van der Waals surface area contributed by atoms with Gasteiger partial charge >= 0.3 is 6.09 Å². The first kappa shape index (κ1) is 35.9. The summed E-state index contributed by atoms with van der Waals surface area (Å²) < 4.78 is 27.8. The molecule has 0 fully saturated rings. The van der Waals surface area contributed by atoms with Gasteiger partial charge in [0.25, 0.3) is 5.69 Å². The highest BCUT2D eigenvalue weighted by molar-refractivity contribution is 5.75. The molecule has 0 spiro atoms. The van der Waals surface area contributed by atoms with Crippen molar-refractivity contribution in [1.29, 1.82) is 0 Å². The zero-order valence-electron chi connectivity index (χ0n) is 25.4. The highest BCUT2D eigenvalue weighted by atomic mass is 16.6. The van der Waals surface area contributed by atoms with Gasteiger partial charge in [0.05, 0.1) is 67.4 Å². The largest absolute Gasteiger partial charge is 0.493 e. The van der Waals surface area contributed by atoms with E-state index in [4.69, 9.17) is 23.7 Å². The third-order valence-electron chi connectivity index (χ3n) is 5.94. The zero-order chi connectivity index (χ0) is 31.1. The molecular weight excluding hydrogens is 538 g/mol. The maximum atomic E-state index is 12.1. The van der Waals surface area contributed by atoms with Crippen LogP contribution in [0.15, 0.2) is 12.1 Å². The molecule has 1 aromatic carbocycles. The minimum absolute atomic E-state index is 0.108. The first-order valence-electron chi connectivity index (χ1n) is 13.8. The molecule has 1 aromatic rings. The highest BCUT2D eigenvalue weighted by Gasteiger charge is 2.24. The number of nitro groups is 1. The molecule has 0 aromatic heterocycles. The summed E-state index contributed by atoms with van der Waals surface area (Å²) >= 11 is 0. The van der Waals surface area contributed by atoms with Crippen molar-refractivity contribution in [3.63, 3.8) is 0 Å². The number of hydrogen-bond donors (Lipinski definition) is 3. The lowest BCUT2D eigenvalue weighted by atomic mass is 10.0. The van der Waals surface area contributed by atoms with Crippen LogP contribution in [0.4, 0.5) is 10.5 Å². The Morgan fingerprint density at radius 2 is 1.66 bits per heavy atom. The van der Waals surface area contributed by atoms with Crippen LogP contribution in [0.25, 0.3) is 0 Å². The van der Waals surface area contributed by atoms with Crippen LogP contribution in [-0.2, 0) is 25.6 Å². The fraction of sp³-hybridized carbons (Fsp3) is 0.714. The molecule has 2 amide bonds. The van der Waals surface area contributed by atoms with Crippen LogP contribution in [0.5, 0.6) is 11.5 Å². The van der Waals surface area contributed by atoms with E-state index in [2.05, 4.69) is 10.6 Å². The van der Waals surface area contributed by atoms with Gasteiger partial charge < -0.3 is 39.4 Å². The number of carbonyl (C=O) groups is 2. The number of carbonyl (C=O) groups excluding carboxylic acids is 2. The summed E-state index contributed by atoms with van der Waals surface area (Å²) in [4.78, 5) is 34.6. The van der Waals surface area contributed by atoms with Crippen LogP contribution >= 0.6 is 0 Å². The van der Waals surface area contributed by atoms with E-state index in [-0.39, 0.29) is 73.1 Å². The SMILES string of the molecule is COc1cc(CO)c([N+](=O)[O-])cc1OCCCC(=O)NCCNC(=O)OCCC(C)(C)OCCC(C)(C)OC(C)C. The second-order valence-corrected chi connectivity index (χ2v) is 10.9. The number of aliphatic hydroxyl groups excluding tert-OH is 1. The van der Waals surface area contributed by atoms with E-state index in [0.717, 1.165) is 6.42 Å². The number of nitrogens with zero attached hydrogens (tertiary/aromatic N) is 1. The second kappa shape index (κ2) is 17.6. The van der Waals surface area contributed by atoms with Gasteiger partial charge in [0.15, 0.2) is 11.5 Å². The normalized spacial score (nSPS) is 11.7. The number of aliphatic hydroxyl groups is 1. The molecular formula is C28H47N3O10. The Morgan fingerprint density at radius 3 is 2.27 bits per heavy atom. The molecule has 0 bridgehead atoms. The minimum Gasteiger partial charge on any atom is -0.493 e. The molecule has 0 aliphatic carbocycles. The van der Waals surface area contributed by atoms with Crippen molar-refractivity contribution in [2.45, 2.75) is 91.1 Å². The van der Waals surface area contributed by atoms with Gasteiger partial charge in [0.2, 0.25) is 5.91 Å². The van der Waals surface area contributed by atoms with E-state index >= 15 is 0 Å². The fourth-order valence-electron chi connectivity index (χ4n) is 3.81. The van der Waals surface area contributed by atoms with Crippen LogP contribution < -0.4 is 20.1 Å². The Hall–Kier alpha value is -3.16. The van der Waals surface area contributed by atoms with Crippen molar-refractivity contribution >= 4 is 17.7 Å². The molecule has 0 heterocycles. The third kappa shape index (κ3) is 14.9. The Morgan fingerprint density at radius 1 is 1.00 bits per heavy atom. The molecule has 0 atom stereocenters. The van der Waals surface area contributed by atoms with Gasteiger partial charge in [0.1, 0.15) is 0 Å². The predicted molar refractivity (Wildman–Crippen MR) is 152 cm³/mol. The Balaban J connectivity index is 2.23. The highest BCUT2D eigenvalue weighted by Crippen LogP contribution is 2.34. The van der Waals surface area contributed by atoms with Gasteiger partial charge in [-0.25, -0.2) is 4.79 Å². The maximum absolute atomic E-state index is 12.1. The molecule has 3 N–H and O–H groups in total. The summed E-state index contributed by atoms with van der Waals surface area (Å²) in [5, 5.41) is 25.8. The van der Waals surface area contributed by atoms with Crippen molar-refractivity contribution < 1.29 is 43.3 Å². The summed E-state index contributed by atoms with van der Waals surface area (Å²) in [6.07, 6.45) is 1.33. The van der Waals surface area contributed by atoms with Crippen molar-refractivity contribution in [3.05, 3.63) is 27.8 Å². The van der Waals surface area contributed by atoms with Gasteiger partial charge in [-0.2, -0.15) is 0 Å². The number of benzene rings is 1. The van der Waals surface area contributed by atoms with Gasteiger partial charge in [-0.15, -0.1) is 0 Å². The summed E-state index contributed by atoms with van der Waals surface area (Å²) in [6.45, 7) is 12.7. The summed E-state index contributed by atoms with van der Waals surface area (Å²) in [5.74, 6) is 0.155. The minimum atomic E-state index is -0.613. The predicted octanol–water partition coefficient (Wildman–Crippen LogP) is 3.88. The topological polar surface area (TPSA) is 168 Å². The van der Waals surface area contributed by atoms with Gasteiger partial charge in [-0.05, 0) is 60.5 Å². The Labute approximate surface area is 242 Å². The number of alkyl carbamates (subject to hydrolysis) is 1. The van der Waals surface area contributed by atoms with Crippen LogP contribution in [-0.4, -0.2) is 79.4 Å². The van der Waals surface area contributed by atoms with Crippen LogP contribution in [0.1, 0.15) is 72.8 Å². The molecule has 0 unspecified atom stereocenters. The molecule has 1 rings (SSSR count). The average Bonchev–Trinajstić information content (AvgIpc) is 2.87. The molecule has 41 heavy (non-hydrogen) atoms. The standard InChI is InChI=1S/C28H47N3O10/c1-20(2)41-28(5,6)11-16-40-27(3,4)10-15-39-26(34)30-13-12-29-25(33)9-8-14-38-24-18-22(31(35)36)21(19-32)17-23(24)37-7/h17-18,20,32H,8-16,19H2,1-7H3,(H,29,33)(H,30,34). The van der Waals surface area contributed by atoms with Crippen LogP contribution in [0, 0.1) is 10.1 Å². The quantitative estimate of drug-likeness (QED) is 0.116. The van der Waals surface area contributed by atoms with E-state index < -0.39 is 23.2 Å². The fourth-order valence-corrected chi connectivity index (χ4v) is 3.81. The molecule has 0 aliphatic heterocycles. The van der Waals surface area contributed by atoms with Crippen LogP contribution in [0.3, 0.4) is 0 Å². The number of amides is 2. The van der Waals surface area contributed by atoms with Crippen molar-refractivity contribution in [2.75, 3.05) is 40.0 Å². The molecule has 0 saturated heterocycles. The number of ether oxygens (including phenoxy) is 5. The van der Waals surface area contributed by atoms with E-state index in [1.54, 1.807) is 0 Å². The summed E-state index contributed by atoms with van der Waals surface area (Å²) in [6, 6.07) is 2.54. The number of hydrogen-bond acceptors (Lipinski definition) is 10. The smallest absolute Gasteiger partial charge is 0.407 e. The van der Waals surface area contributed by atoms with Gasteiger partial charge in [0, 0.05) is 25.9 Å². The second-order valence-electron chi connectivity index (χ2n) is 10.9. The number of rotatable bonds is 20. The van der Waals surface area contributed by atoms with E-state index in [9.17, 15) is 24.8 Å². The van der Waals surface area contributed by atoms with E-state index in [1.165, 1.54) is 19.2 Å². The van der Waals surface area contributed by atoms with Crippen LogP contribution in [0.2, 0.25) is 0 Å². The maximum Gasteiger partial charge on any atom is 0.407 e. The Bertz CT molecular complexity index is 982. The first-order chi connectivity index (χ1) is 19.2. The molecule has 234 valence electrons. The number of nitrogens with one attached hydrogen (secondary N) is 2. The lowest BCUT2D eigenvalue weighted by Crippen LogP contribution is -2.36. The number of nitro benzene ring substituents is 1. The van der Waals surface area contributed by atoms with E-state index in [1.807, 2.05) is 41.5 Å². The lowest BCUT2D eigenvalue weighted by molar-refractivity contribution is -0.385. The zero-order valence-corrected chi connectivity index (χ0v) is 25.4. The van der Waals surface area contributed by atoms with Crippen molar-refractivity contribution in [1.82, 2.24) is 10.6 Å². The van der Waals surface area contributed by atoms with Crippen molar-refractivity contribution in [3.8, 4) is 11.5 Å². The van der Waals surface area contributed by atoms with E-state index in [0.29, 0.717) is 19.4 Å². The third-order valence-corrected chi connectivity index (χ3v) is 5.94. The lowest BCUT2D eigenvalue weighted by Gasteiger charge is -2.31. The molecule has 0 aliphatic rings.